The third-order valence-corrected chi connectivity index (χ3v) is 3.52. The molecule has 18 heavy (non-hydrogen) atoms. The molecule has 1 aromatic heterocycles. The van der Waals surface area contributed by atoms with Crippen molar-refractivity contribution >= 4 is 12.6 Å². The quantitative estimate of drug-likeness (QED) is 0.474. The van der Waals surface area contributed by atoms with Crippen molar-refractivity contribution in [3.63, 3.8) is 0 Å². The predicted molar refractivity (Wildman–Crippen MR) is 81.2 cm³/mol. The van der Waals surface area contributed by atoms with Gasteiger partial charge in [-0.05, 0) is 44.3 Å². The van der Waals surface area contributed by atoms with Crippen molar-refractivity contribution in [2.24, 2.45) is 0 Å². The molecular weight excluding hydrogens is 242 g/mol. The summed E-state index contributed by atoms with van der Waals surface area (Å²) in [6, 6.07) is 3.99. The van der Waals surface area contributed by atoms with Crippen molar-refractivity contribution in [3.05, 3.63) is 24.2 Å². The normalized spacial score (nSPS) is 11.3. The van der Waals surface area contributed by atoms with Gasteiger partial charge in [-0.3, -0.25) is 4.90 Å². The second-order valence-corrected chi connectivity index (χ2v) is 5.46. The van der Waals surface area contributed by atoms with E-state index in [9.17, 15) is 0 Å². The molecule has 0 amide bonds. The van der Waals surface area contributed by atoms with E-state index in [4.69, 9.17) is 4.42 Å². The predicted octanol–water partition coefficient (Wildman–Crippen LogP) is 4.37. The van der Waals surface area contributed by atoms with Gasteiger partial charge in [0.25, 0.3) is 0 Å². The molecule has 0 saturated heterocycles. The SMILES string of the molecule is CN(CCCCCCCCCS)Cc1ccco1. The van der Waals surface area contributed by atoms with Crippen LogP contribution in [0.15, 0.2) is 22.8 Å². The summed E-state index contributed by atoms with van der Waals surface area (Å²) in [6.07, 6.45) is 11.2. The van der Waals surface area contributed by atoms with Crippen LogP contribution in [0.25, 0.3) is 0 Å². The molecule has 0 bridgehead atoms. The molecule has 0 saturated carbocycles. The number of hydrogen-bond acceptors (Lipinski definition) is 3. The van der Waals surface area contributed by atoms with Crippen LogP contribution in [-0.4, -0.2) is 24.2 Å². The molecular formula is C15H27NOS. The van der Waals surface area contributed by atoms with Gasteiger partial charge in [-0.2, -0.15) is 12.6 Å². The number of thiol groups is 1. The molecule has 0 radical (unpaired) electrons. The molecule has 0 aliphatic rings. The lowest BCUT2D eigenvalue weighted by atomic mass is 10.1. The van der Waals surface area contributed by atoms with Gasteiger partial charge in [0, 0.05) is 0 Å². The Morgan fingerprint density at radius 1 is 1.06 bits per heavy atom. The van der Waals surface area contributed by atoms with Gasteiger partial charge in [-0.15, -0.1) is 0 Å². The average molecular weight is 269 g/mol. The van der Waals surface area contributed by atoms with Crippen LogP contribution in [-0.2, 0) is 6.54 Å². The van der Waals surface area contributed by atoms with E-state index in [-0.39, 0.29) is 0 Å². The van der Waals surface area contributed by atoms with Crippen LogP contribution in [0.1, 0.15) is 50.7 Å². The lowest BCUT2D eigenvalue weighted by Gasteiger charge is -2.14. The van der Waals surface area contributed by atoms with Gasteiger partial charge in [-0.25, -0.2) is 0 Å². The van der Waals surface area contributed by atoms with Crippen molar-refractivity contribution in [3.8, 4) is 0 Å². The van der Waals surface area contributed by atoms with Gasteiger partial charge in [0.1, 0.15) is 5.76 Å². The minimum Gasteiger partial charge on any atom is -0.468 e. The highest BCUT2D eigenvalue weighted by atomic mass is 32.1. The Labute approximate surface area is 117 Å². The summed E-state index contributed by atoms with van der Waals surface area (Å²) in [5.41, 5.74) is 0. The zero-order valence-corrected chi connectivity index (χ0v) is 12.5. The monoisotopic (exact) mass is 269 g/mol. The van der Waals surface area contributed by atoms with Crippen molar-refractivity contribution < 1.29 is 4.42 Å². The molecule has 0 aliphatic carbocycles. The van der Waals surface area contributed by atoms with Gasteiger partial charge in [-0.1, -0.05) is 32.1 Å². The maximum atomic E-state index is 5.34. The van der Waals surface area contributed by atoms with Crippen molar-refractivity contribution in [2.45, 2.75) is 51.5 Å². The Hall–Kier alpha value is -0.410. The lowest BCUT2D eigenvalue weighted by Crippen LogP contribution is -2.18. The minimum absolute atomic E-state index is 0.926. The molecule has 104 valence electrons. The molecule has 0 aromatic carbocycles. The third kappa shape index (κ3) is 7.83. The van der Waals surface area contributed by atoms with E-state index in [1.807, 2.05) is 12.1 Å². The van der Waals surface area contributed by atoms with Crippen LogP contribution >= 0.6 is 12.6 Å². The zero-order valence-electron chi connectivity index (χ0n) is 11.6. The van der Waals surface area contributed by atoms with Gasteiger partial charge in [0.2, 0.25) is 0 Å². The number of unbranched alkanes of at least 4 members (excludes halogenated alkanes) is 6. The molecule has 2 nitrogen and oxygen atoms in total. The molecule has 0 N–H and O–H groups in total. The van der Waals surface area contributed by atoms with Crippen LogP contribution in [0.2, 0.25) is 0 Å². The van der Waals surface area contributed by atoms with Gasteiger partial charge < -0.3 is 4.42 Å². The van der Waals surface area contributed by atoms with E-state index in [1.54, 1.807) is 6.26 Å². The van der Waals surface area contributed by atoms with Gasteiger partial charge >= 0.3 is 0 Å². The summed E-state index contributed by atoms with van der Waals surface area (Å²) in [4.78, 5) is 2.33. The fraction of sp³-hybridized carbons (Fsp3) is 0.733. The smallest absolute Gasteiger partial charge is 0.117 e. The Morgan fingerprint density at radius 2 is 1.72 bits per heavy atom. The van der Waals surface area contributed by atoms with Crippen molar-refractivity contribution in [1.82, 2.24) is 4.90 Å². The van der Waals surface area contributed by atoms with E-state index >= 15 is 0 Å². The first-order valence-corrected chi connectivity index (χ1v) is 7.78. The first-order valence-electron chi connectivity index (χ1n) is 7.14. The summed E-state index contributed by atoms with van der Waals surface area (Å²) in [5, 5.41) is 0. The zero-order chi connectivity index (χ0) is 13.1. The molecule has 0 aliphatic heterocycles. The lowest BCUT2D eigenvalue weighted by molar-refractivity contribution is 0.287. The van der Waals surface area contributed by atoms with E-state index in [0.29, 0.717) is 0 Å². The third-order valence-electron chi connectivity index (χ3n) is 3.20. The first-order chi connectivity index (χ1) is 8.83. The largest absolute Gasteiger partial charge is 0.468 e. The minimum atomic E-state index is 0.926. The maximum absolute atomic E-state index is 5.34. The molecule has 1 rings (SSSR count). The highest BCUT2D eigenvalue weighted by Crippen LogP contribution is 2.09. The first kappa shape index (κ1) is 15.6. The standard InChI is InChI=1S/C15H27NOS/c1-16(14-15-10-9-12-17-15)11-7-5-3-2-4-6-8-13-18/h9-10,12,18H,2-8,11,13-14H2,1H3. The van der Waals surface area contributed by atoms with Gasteiger partial charge in [0.05, 0.1) is 12.8 Å². The number of furan rings is 1. The second-order valence-electron chi connectivity index (χ2n) is 5.02. The van der Waals surface area contributed by atoms with Crippen molar-refractivity contribution in [2.75, 3.05) is 19.3 Å². The van der Waals surface area contributed by atoms with E-state index < -0.39 is 0 Å². The Balaban J connectivity index is 1.88. The molecule has 1 aromatic rings. The summed E-state index contributed by atoms with van der Waals surface area (Å²) < 4.78 is 5.34. The Morgan fingerprint density at radius 3 is 2.33 bits per heavy atom. The van der Waals surface area contributed by atoms with Crippen LogP contribution in [0.4, 0.5) is 0 Å². The molecule has 0 spiro atoms. The Kier molecular flexibility index (Phi) is 9.13. The van der Waals surface area contributed by atoms with Crippen LogP contribution < -0.4 is 0 Å². The maximum Gasteiger partial charge on any atom is 0.117 e. The summed E-state index contributed by atoms with van der Waals surface area (Å²) >= 11 is 4.22. The summed E-state index contributed by atoms with van der Waals surface area (Å²) in [7, 11) is 2.16. The van der Waals surface area contributed by atoms with Crippen LogP contribution in [0.5, 0.6) is 0 Å². The summed E-state index contributed by atoms with van der Waals surface area (Å²) in [6.45, 7) is 2.09. The second kappa shape index (κ2) is 10.5. The highest BCUT2D eigenvalue weighted by Gasteiger charge is 2.01. The molecule has 3 heteroatoms. The molecule has 0 atom stereocenters. The van der Waals surface area contributed by atoms with Crippen LogP contribution in [0, 0.1) is 0 Å². The number of hydrogen-bond donors (Lipinski definition) is 1. The molecule has 0 unspecified atom stereocenters. The topological polar surface area (TPSA) is 16.4 Å². The molecule has 1 heterocycles. The number of rotatable bonds is 11. The average Bonchev–Trinajstić information content (AvgIpc) is 2.85. The fourth-order valence-electron chi connectivity index (χ4n) is 2.13. The van der Waals surface area contributed by atoms with E-state index in [0.717, 1.165) is 24.6 Å². The van der Waals surface area contributed by atoms with Crippen LogP contribution in [0.3, 0.4) is 0 Å². The van der Waals surface area contributed by atoms with Crippen molar-refractivity contribution in [1.29, 1.82) is 0 Å². The molecule has 0 fully saturated rings. The van der Waals surface area contributed by atoms with E-state index in [1.165, 1.54) is 44.9 Å². The van der Waals surface area contributed by atoms with E-state index in [2.05, 4.69) is 24.6 Å². The van der Waals surface area contributed by atoms with Gasteiger partial charge in [0.15, 0.2) is 0 Å². The fourth-order valence-corrected chi connectivity index (χ4v) is 2.35. The Bertz CT molecular complexity index is 274. The number of nitrogens with zero attached hydrogens (tertiary/aromatic N) is 1. The highest BCUT2D eigenvalue weighted by molar-refractivity contribution is 7.80. The summed E-state index contributed by atoms with van der Waals surface area (Å²) in [5.74, 6) is 2.10.